The Kier molecular flexibility index (Phi) is 8.76. The lowest BCUT2D eigenvalue weighted by atomic mass is 10.0. The third-order valence-electron chi connectivity index (χ3n) is 3.18. The van der Waals surface area contributed by atoms with E-state index in [1.807, 2.05) is 0 Å². The first-order valence-electron chi connectivity index (χ1n) is 5.97. The van der Waals surface area contributed by atoms with E-state index in [0.29, 0.717) is 13.1 Å². The van der Waals surface area contributed by atoms with Crippen molar-refractivity contribution in [1.82, 2.24) is 10.2 Å². The molecule has 1 fully saturated rings. The molecule has 1 aromatic carbocycles. The Hall–Kier alpha value is 0.0200. The van der Waals surface area contributed by atoms with Crippen LogP contribution in [0.25, 0.3) is 0 Å². The zero-order valence-electron chi connectivity index (χ0n) is 11.1. The standard InChI is InChI=1S/C12H12Cl2F4N2.2ClH/c13-7-1-2-8(15)9(10(7)14)11(12(16,17)18)20-5-3-19-4-6-20;;/h1-2,11,19H,3-6H2;2*1H/t11-;;/m1../s1. The van der Waals surface area contributed by atoms with E-state index < -0.39 is 23.6 Å². The molecule has 0 bridgehead atoms. The van der Waals surface area contributed by atoms with Crippen molar-refractivity contribution in [3.05, 3.63) is 33.6 Å². The molecule has 22 heavy (non-hydrogen) atoms. The number of nitrogens with zero attached hydrogens (tertiary/aromatic N) is 1. The first-order chi connectivity index (χ1) is 9.32. The first kappa shape index (κ1) is 22.0. The Balaban J connectivity index is 0.00000220. The molecule has 1 heterocycles. The third kappa shape index (κ3) is 4.76. The topological polar surface area (TPSA) is 15.3 Å². The van der Waals surface area contributed by atoms with Crippen LogP contribution in [0.2, 0.25) is 10.0 Å². The van der Waals surface area contributed by atoms with E-state index in [1.165, 1.54) is 0 Å². The number of hydrogen-bond donors (Lipinski definition) is 1. The van der Waals surface area contributed by atoms with Crippen molar-refractivity contribution in [1.29, 1.82) is 0 Å². The number of piperazine rings is 1. The average molecular weight is 404 g/mol. The summed E-state index contributed by atoms with van der Waals surface area (Å²) < 4.78 is 53.9. The molecular formula is C12H14Cl4F4N2. The number of rotatable bonds is 2. The quantitative estimate of drug-likeness (QED) is 0.578. The van der Waals surface area contributed by atoms with Crippen LogP contribution < -0.4 is 5.32 Å². The fourth-order valence-corrected chi connectivity index (χ4v) is 2.71. The highest BCUT2D eigenvalue weighted by molar-refractivity contribution is 6.42. The van der Waals surface area contributed by atoms with Gasteiger partial charge in [-0.3, -0.25) is 4.90 Å². The molecule has 0 amide bonds. The van der Waals surface area contributed by atoms with Gasteiger partial charge in [-0.2, -0.15) is 13.2 Å². The van der Waals surface area contributed by atoms with Gasteiger partial charge in [-0.1, -0.05) is 23.2 Å². The molecule has 1 N–H and O–H groups in total. The van der Waals surface area contributed by atoms with Crippen LogP contribution in [0.1, 0.15) is 11.6 Å². The van der Waals surface area contributed by atoms with Gasteiger partial charge >= 0.3 is 6.18 Å². The minimum Gasteiger partial charge on any atom is -0.314 e. The van der Waals surface area contributed by atoms with Crippen LogP contribution >= 0.6 is 48.0 Å². The van der Waals surface area contributed by atoms with Crippen LogP contribution in [-0.4, -0.2) is 37.3 Å². The average Bonchev–Trinajstić information content (AvgIpc) is 2.39. The third-order valence-corrected chi connectivity index (χ3v) is 4.00. The smallest absolute Gasteiger partial charge is 0.314 e. The molecule has 1 saturated heterocycles. The SMILES string of the molecule is Cl.Cl.Fc1ccc(Cl)c(Cl)c1[C@@H](N1CCNCC1)C(F)(F)F. The minimum absolute atomic E-state index is 0. The summed E-state index contributed by atoms with van der Waals surface area (Å²) in [6.45, 7) is 1.14. The van der Waals surface area contributed by atoms with Crippen LogP contribution in [0, 0.1) is 5.82 Å². The predicted molar refractivity (Wildman–Crippen MR) is 84.2 cm³/mol. The summed E-state index contributed by atoms with van der Waals surface area (Å²) in [6, 6.07) is -0.0333. The zero-order chi connectivity index (χ0) is 14.9. The van der Waals surface area contributed by atoms with E-state index in [1.54, 1.807) is 0 Å². The van der Waals surface area contributed by atoms with E-state index in [-0.39, 0.29) is 47.9 Å². The van der Waals surface area contributed by atoms with Crippen LogP contribution in [0.5, 0.6) is 0 Å². The Labute approximate surface area is 147 Å². The van der Waals surface area contributed by atoms with Gasteiger partial charge in [0.25, 0.3) is 0 Å². The molecule has 0 spiro atoms. The van der Waals surface area contributed by atoms with E-state index >= 15 is 0 Å². The summed E-state index contributed by atoms with van der Waals surface area (Å²) >= 11 is 11.5. The molecule has 128 valence electrons. The molecule has 0 aromatic heterocycles. The number of alkyl halides is 3. The molecule has 10 heteroatoms. The maximum Gasteiger partial charge on any atom is 0.408 e. The predicted octanol–water partition coefficient (Wildman–Crippen LogP) is 4.48. The van der Waals surface area contributed by atoms with Crippen molar-refractivity contribution >= 4 is 48.0 Å². The van der Waals surface area contributed by atoms with E-state index in [9.17, 15) is 17.6 Å². The summed E-state index contributed by atoms with van der Waals surface area (Å²) in [5.74, 6) is -1.000. The lowest BCUT2D eigenvalue weighted by Crippen LogP contribution is -2.49. The van der Waals surface area contributed by atoms with Crippen LogP contribution in [0.15, 0.2) is 12.1 Å². The number of hydrogen-bond acceptors (Lipinski definition) is 2. The molecule has 2 rings (SSSR count). The molecular weight excluding hydrogens is 390 g/mol. The van der Waals surface area contributed by atoms with Crippen LogP contribution in [0.3, 0.4) is 0 Å². The fourth-order valence-electron chi connectivity index (χ4n) is 2.29. The molecule has 0 saturated carbocycles. The van der Waals surface area contributed by atoms with E-state index in [0.717, 1.165) is 17.0 Å². The van der Waals surface area contributed by atoms with Crippen molar-refractivity contribution in [2.75, 3.05) is 26.2 Å². The molecule has 0 unspecified atom stereocenters. The van der Waals surface area contributed by atoms with Gasteiger partial charge in [-0.05, 0) is 12.1 Å². The largest absolute Gasteiger partial charge is 0.408 e. The monoisotopic (exact) mass is 402 g/mol. The van der Waals surface area contributed by atoms with Gasteiger partial charge in [0.15, 0.2) is 0 Å². The molecule has 0 aliphatic carbocycles. The van der Waals surface area contributed by atoms with Gasteiger partial charge in [-0.25, -0.2) is 4.39 Å². The normalized spacial score (nSPS) is 17.4. The second-order valence-corrected chi connectivity index (χ2v) is 5.27. The first-order valence-corrected chi connectivity index (χ1v) is 6.73. The summed E-state index contributed by atoms with van der Waals surface area (Å²) in [4.78, 5) is 1.16. The highest BCUT2D eigenvalue weighted by atomic mass is 35.5. The summed E-state index contributed by atoms with van der Waals surface area (Å²) in [6.07, 6.45) is -4.63. The second-order valence-electron chi connectivity index (χ2n) is 4.49. The second kappa shape index (κ2) is 8.76. The molecule has 1 atom stereocenters. The van der Waals surface area contributed by atoms with Gasteiger partial charge in [-0.15, -0.1) is 24.8 Å². The number of nitrogens with one attached hydrogen (secondary N) is 1. The Bertz CT molecular complexity index is 493. The number of halogens is 8. The molecule has 2 nitrogen and oxygen atoms in total. The molecule has 1 aliphatic heterocycles. The maximum atomic E-state index is 13.9. The van der Waals surface area contributed by atoms with E-state index in [2.05, 4.69) is 5.32 Å². The zero-order valence-corrected chi connectivity index (χ0v) is 14.2. The molecule has 1 aromatic rings. The minimum atomic E-state index is -4.63. The van der Waals surface area contributed by atoms with Gasteiger partial charge < -0.3 is 5.32 Å². The molecule has 0 radical (unpaired) electrons. The van der Waals surface area contributed by atoms with Crippen molar-refractivity contribution < 1.29 is 17.6 Å². The maximum absolute atomic E-state index is 13.9. The van der Waals surface area contributed by atoms with Crippen molar-refractivity contribution in [3.63, 3.8) is 0 Å². The summed E-state index contributed by atoms with van der Waals surface area (Å²) in [5.41, 5.74) is -0.603. The van der Waals surface area contributed by atoms with E-state index in [4.69, 9.17) is 23.2 Å². The van der Waals surface area contributed by atoms with Crippen molar-refractivity contribution in [2.24, 2.45) is 0 Å². The van der Waals surface area contributed by atoms with Crippen LogP contribution in [0.4, 0.5) is 17.6 Å². The van der Waals surface area contributed by atoms with Gasteiger partial charge in [0, 0.05) is 31.7 Å². The highest BCUT2D eigenvalue weighted by Crippen LogP contribution is 2.43. The Morgan fingerprint density at radius 1 is 1.09 bits per heavy atom. The molecule has 1 aliphatic rings. The number of benzene rings is 1. The summed E-state index contributed by atoms with van der Waals surface area (Å²) in [5, 5.41) is 2.48. The van der Waals surface area contributed by atoms with Gasteiger partial charge in [0.2, 0.25) is 0 Å². The van der Waals surface area contributed by atoms with Crippen LogP contribution in [-0.2, 0) is 0 Å². The highest BCUT2D eigenvalue weighted by Gasteiger charge is 2.47. The lowest BCUT2D eigenvalue weighted by molar-refractivity contribution is -0.188. The lowest BCUT2D eigenvalue weighted by Gasteiger charge is -2.36. The van der Waals surface area contributed by atoms with Gasteiger partial charge in [0.1, 0.15) is 11.9 Å². The van der Waals surface area contributed by atoms with Crippen molar-refractivity contribution in [2.45, 2.75) is 12.2 Å². The summed E-state index contributed by atoms with van der Waals surface area (Å²) in [7, 11) is 0. The Morgan fingerprint density at radius 3 is 2.14 bits per heavy atom. The van der Waals surface area contributed by atoms with Crippen molar-refractivity contribution in [3.8, 4) is 0 Å². The fraction of sp³-hybridized carbons (Fsp3) is 0.500. The Morgan fingerprint density at radius 2 is 1.64 bits per heavy atom. The van der Waals surface area contributed by atoms with Gasteiger partial charge in [0.05, 0.1) is 10.0 Å².